The van der Waals surface area contributed by atoms with Gasteiger partial charge in [0.1, 0.15) is 0 Å². The molecule has 88 valence electrons. The van der Waals surface area contributed by atoms with Crippen molar-refractivity contribution in [2.75, 3.05) is 26.0 Å². The van der Waals surface area contributed by atoms with E-state index in [4.69, 9.17) is 15.4 Å². The number of piperidine rings is 1. The molecule has 2 atom stereocenters. The molecule has 2 unspecified atom stereocenters. The number of hydrogen-bond acceptors (Lipinski definition) is 4. The van der Waals surface area contributed by atoms with E-state index in [1.54, 1.807) is 0 Å². The topological polar surface area (TPSA) is 46.6 Å². The van der Waals surface area contributed by atoms with Crippen LogP contribution < -0.4 is 0 Å². The van der Waals surface area contributed by atoms with Crippen LogP contribution in [0.15, 0.2) is 0 Å². The normalized spacial score (nSPS) is 37.9. The predicted molar refractivity (Wildman–Crippen MR) is 58.5 cm³/mol. The van der Waals surface area contributed by atoms with Gasteiger partial charge in [0.05, 0.1) is 19.0 Å². The van der Waals surface area contributed by atoms with Crippen LogP contribution in [0.25, 0.3) is 0 Å². The number of nitrogens with zero attached hydrogens (tertiary/aromatic N) is 1. The van der Waals surface area contributed by atoms with Crippen molar-refractivity contribution in [2.24, 2.45) is 5.92 Å². The third kappa shape index (κ3) is 2.84. The second kappa shape index (κ2) is 4.20. The highest BCUT2D eigenvalue weighted by molar-refractivity contribution is 8.13. The van der Waals surface area contributed by atoms with Crippen LogP contribution in [0.4, 0.5) is 0 Å². The average Bonchev–Trinajstić information content (AvgIpc) is 2.04. The van der Waals surface area contributed by atoms with Gasteiger partial charge in [-0.05, 0) is 25.8 Å². The summed E-state index contributed by atoms with van der Waals surface area (Å²) in [4.78, 5) is 2.31. The highest BCUT2D eigenvalue weighted by Crippen LogP contribution is 2.31. The molecular weight excluding hydrogens is 238 g/mol. The van der Waals surface area contributed by atoms with Crippen molar-refractivity contribution < 1.29 is 13.2 Å². The number of halogens is 1. The molecule has 2 saturated heterocycles. The van der Waals surface area contributed by atoms with Gasteiger partial charge in [0.2, 0.25) is 9.05 Å². The van der Waals surface area contributed by atoms with Gasteiger partial charge < -0.3 is 4.74 Å². The Labute approximate surface area is 95.0 Å². The quantitative estimate of drug-likeness (QED) is 0.679. The van der Waals surface area contributed by atoms with Gasteiger partial charge in [-0.2, -0.15) is 0 Å². The molecule has 2 heterocycles. The molecule has 4 nitrogen and oxygen atoms in total. The van der Waals surface area contributed by atoms with Crippen LogP contribution in [-0.4, -0.2) is 51.4 Å². The Kier molecular flexibility index (Phi) is 3.26. The Bertz CT molecular complexity index is 318. The summed E-state index contributed by atoms with van der Waals surface area (Å²) < 4.78 is 27.5. The van der Waals surface area contributed by atoms with Gasteiger partial charge in [-0.3, -0.25) is 4.90 Å². The molecular formula is C9H16ClNO3S. The van der Waals surface area contributed by atoms with E-state index in [2.05, 4.69) is 11.9 Å². The molecule has 0 radical (unpaired) electrons. The zero-order valence-corrected chi connectivity index (χ0v) is 10.3. The molecule has 15 heavy (non-hydrogen) atoms. The fourth-order valence-electron chi connectivity index (χ4n) is 2.63. The minimum Gasteiger partial charge on any atom is -0.378 e. The molecule has 6 heteroatoms. The minimum absolute atomic E-state index is 0.107. The summed E-state index contributed by atoms with van der Waals surface area (Å²) in [7, 11) is 4.01. The molecule has 2 bridgehead atoms. The van der Waals surface area contributed by atoms with Crippen LogP contribution in [0.2, 0.25) is 0 Å². The lowest BCUT2D eigenvalue weighted by Crippen LogP contribution is -2.55. The van der Waals surface area contributed by atoms with Crippen LogP contribution in [0, 0.1) is 5.92 Å². The summed E-state index contributed by atoms with van der Waals surface area (Å²) in [5, 5.41) is 0. The van der Waals surface area contributed by atoms with Crippen LogP contribution in [0.1, 0.15) is 12.8 Å². The zero-order chi connectivity index (χ0) is 11.1. The van der Waals surface area contributed by atoms with E-state index in [1.165, 1.54) is 0 Å². The number of rotatable bonds is 2. The molecule has 2 fully saturated rings. The molecule has 0 aromatic heterocycles. The van der Waals surface area contributed by atoms with Crippen molar-refractivity contribution in [3.05, 3.63) is 0 Å². The summed E-state index contributed by atoms with van der Waals surface area (Å²) in [5.74, 6) is 0.303. The Balaban J connectivity index is 2.01. The molecule has 0 saturated carbocycles. The van der Waals surface area contributed by atoms with Gasteiger partial charge in [0.15, 0.2) is 0 Å². The van der Waals surface area contributed by atoms with Gasteiger partial charge >= 0.3 is 0 Å². The van der Waals surface area contributed by atoms with E-state index in [9.17, 15) is 8.42 Å². The van der Waals surface area contributed by atoms with Crippen LogP contribution >= 0.6 is 10.7 Å². The van der Waals surface area contributed by atoms with E-state index >= 15 is 0 Å². The number of hydrogen-bond donors (Lipinski definition) is 0. The van der Waals surface area contributed by atoms with Gasteiger partial charge in [0, 0.05) is 22.8 Å². The molecule has 0 aliphatic carbocycles. The maximum atomic E-state index is 11.0. The predicted octanol–water partition coefficient (Wildman–Crippen LogP) is 0.664. The smallest absolute Gasteiger partial charge is 0.232 e. The van der Waals surface area contributed by atoms with E-state index in [0.29, 0.717) is 25.3 Å². The third-order valence-corrected chi connectivity index (χ3v) is 4.67. The van der Waals surface area contributed by atoms with Crippen LogP contribution in [0.5, 0.6) is 0 Å². The Morgan fingerprint density at radius 1 is 1.33 bits per heavy atom. The largest absolute Gasteiger partial charge is 0.378 e. The average molecular weight is 254 g/mol. The van der Waals surface area contributed by atoms with Crippen molar-refractivity contribution >= 4 is 19.7 Å². The van der Waals surface area contributed by atoms with Gasteiger partial charge in [-0.1, -0.05) is 0 Å². The monoisotopic (exact) mass is 253 g/mol. The Hall–Kier alpha value is 0.160. The van der Waals surface area contributed by atoms with E-state index in [-0.39, 0.29) is 11.7 Å². The first kappa shape index (κ1) is 11.6. The SMILES string of the molecule is CN1C2COCC1CC(CS(=O)(=O)Cl)C2. The maximum Gasteiger partial charge on any atom is 0.232 e. The Morgan fingerprint density at radius 3 is 2.33 bits per heavy atom. The molecule has 0 spiro atoms. The Morgan fingerprint density at radius 2 is 1.87 bits per heavy atom. The first-order valence-electron chi connectivity index (χ1n) is 5.18. The maximum absolute atomic E-state index is 11.0. The van der Waals surface area contributed by atoms with Gasteiger partial charge in [-0.25, -0.2) is 8.42 Å². The summed E-state index contributed by atoms with van der Waals surface area (Å²) >= 11 is 0. The summed E-state index contributed by atoms with van der Waals surface area (Å²) in [6, 6.07) is 0.724. The van der Waals surface area contributed by atoms with Crippen molar-refractivity contribution in [1.29, 1.82) is 0 Å². The minimum atomic E-state index is -3.36. The van der Waals surface area contributed by atoms with Crippen LogP contribution in [-0.2, 0) is 13.8 Å². The first-order valence-corrected chi connectivity index (χ1v) is 7.65. The molecule has 0 N–H and O–H groups in total. The lowest BCUT2D eigenvalue weighted by Gasteiger charge is -2.46. The fourth-order valence-corrected chi connectivity index (χ4v) is 4.00. The molecule has 2 aliphatic heterocycles. The second-order valence-corrected chi connectivity index (χ2v) is 7.38. The molecule has 2 rings (SSSR count). The number of likely N-dealkylation sites (N-methyl/N-ethyl adjacent to an activating group) is 1. The number of morpholine rings is 1. The molecule has 0 aromatic carbocycles. The lowest BCUT2D eigenvalue weighted by atomic mass is 9.87. The molecule has 0 amide bonds. The number of fused-ring (bicyclic) bond motifs is 2. The lowest BCUT2D eigenvalue weighted by molar-refractivity contribution is -0.0719. The van der Waals surface area contributed by atoms with Crippen molar-refractivity contribution in [3.63, 3.8) is 0 Å². The molecule has 0 aromatic rings. The summed E-state index contributed by atoms with van der Waals surface area (Å²) in [6.07, 6.45) is 1.75. The number of ether oxygens (including phenoxy) is 1. The highest BCUT2D eigenvalue weighted by Gasteiger charge is 2.37. The van der Waals surface area contributed by atoms with Crippen molar-refractivity contribution in [1.82, 2.24) is 4.90 Å². The van der Waals surface area contributed by atoms with E-state index < -0.39 is 9.05 Å². The molecule has 2 aliphatic rings. The highest BCUT2D eigenvalue weighted by atomic mass is 35.7. The third-order valence-electron chi connectivity index (χ3n) is 3.42. The van der Waals surface area contributed by atoms with Gasteiger partial charge in [-0.15, -0.1) is 0 Å². The van der Waals surface area contributed by atoms with E-state index in [1.807, 2.05) is 0 Å². The summed E-state index contributed by atoms with van der Waals surface area (Å²) in [5.41, 5.74) is 0. The second-order valence-electron chi connectivity index (χ2n) is 4.55. The summed E-state index contributed by atoms with van der Waals surface area (Å²) in [6.45, 7) is 1.43. The fraction of sp³-hybridized carbons (Fsp3) is 1.00. The zero-order valence-electron chi connectivity index (χ0n) is 8.73. The first-order chi connectivity index (χ1) is 6.96. The standard InChI is InChI=1S/C9H16ClNO3S/c1-11-8-2-7(6-15(10,12)13)3-9(11)5-14-4-8/h7-9H,2-6H2,1H3. The van der Waals surface area contributed by atoms with Gasteiger partial charge in [0.25, 0.3) is 0 Å². The van der Waals surface area contributed by atoms with Crippen molar-refractivity contribution in [3.8, 4) is 0 Å². The van der Waals surface area contributed by atoms with E-state index in [0.717, 1.165) is 12.8 Å². The van der Waals surface area contributed by atoms with Crippen LogP contribution in [0.3, 0.4) is 0 Å². The van der Waals surface area contributed by atoms with Crippen molar-refractivity contribution in [2.45, 2.75) is 24.9 Å².